The van der Waals surface area contributed by atoms with Gasteiger partial charge in [-0.15, -0.1) is 17.7 Å². The highest BCUT2D eigenvalue weighted by Gasteiger charge is 2.14. The fourth-order valence-electron chi connectivity index (χ4n) is 2.43. The summed E-state index contributed by atoms with van der Waals surface area (Å²) in [5.74, 6) is 0.0529. The lowest BCUT2D eigenvalue weighted by Crippen LogP contribution is -1.85. The molecule has 7 heteroatoms. The second kappa shape index (κ2) is 6.29. The molecule has 0 bridgehead atoms. The largest absolute Gasteiger partial charge is 0.506 e. The number of fused-ring (bicyclic) bond motifs is 1. The molecule has 0 aromatic heterocycles. The summed E-state index contributed by atoms with van der Waals surface area (Å²) >= 11 is 4.35. The van der Waals surface area contributed by atoms with Crippen LogP contribution in [0.5, 0.6) is 5.75 Å². The van der Waals surface area contributed by atoms with E-state index in [1.807, 2.05) is 31.2 Å². The molecule has 0 heterocycles. The van der Waals surface area contributed by atoms with Crippen LogP contribution < -0.4 is 0 Å². The Bertz CT molecular complexity index is 969. The number of non-ortho nitro benzene ring substituents is 1. The van der Waals surface area contributed by atoms with E-state index in [1.165, 1.54) is 24.3 Å². The molecule has 0 aliphatic heterocycles. The van der Waals surface area contributed by atoms with Gasteiger partial charge >= 0.3 is 0 Å². The molecule has 3 aromatic rings. The Kier molecular flexibility index (Phi) is 4.18. The first-order chi connectivity index (χ1) is 11.5. The Morgan fingerprint density at radius 2 is 1.67 bits per heavy atom. The summed E-state index contributed by atoms with van der Waals surface area (Å²) in [6.45, 7) is 1.88. The van der Waals surface area contributed by atoms with Crippen molar-refractivity contribution in [2.75, 3.05) is 0 Å². The Labute approximate surface area is 143 Å². The average Bonchev–Trinajstić information content (AvgIpc) is 2.60. The minimum atomic E-state index is -0.474. The topological polar surface area (TPSA) is 88.1 Å². The molecule has 6 nitrogen and oxygen atoms in total. The number of rotatable bonds is 3. The number of nitrogens with zero attached hydrogens (tertiary/aromatic N) is 3. The number of aromatic hydroxyl groups is 1. The van der Waals surface area contributed by atoms with Crippen molar-refractivity contribution in [3.05, 3.63) is 64.2 Å². The van der Waals surface area contributed by atoms with Gasteiger partial charge in [0, 0.05) is 17.5 Å². The summed E-state index contributed by atoms with van der Waals surface area (Å²) in [4.78, 5) is 10.5. The first kappa shape index (κ1) is 15.9. The number of hydrogen-bond acceptors (Lipinski definition) is 6. The van der Waals surface area contributed by atoms with Gasteiger partial charge in [-0.05, 0) is 30.0 Å². The van der Waals surface area contributed by atoms with Crippen LogP contribution in [0.15, 0.2) is 63.7 Å². The summed E-state index contributed by atoms with van der Waals surface area (Å²) < 4.78 is 0. The van der Waals surface area contributed by atoms with E-state index in [1.54, 1.807) is 0 Å². The third kappa shape index (κ3) is 2.81. The number of phenols is 1. The molecule has 3 rings (SSSR count). The second-order valence-corrected chi connectivity index (χ2v) is 5.64. The van der Waals surface area contributed by atoms with Crippen molar-refractivity contribution >= 4 is 40.5 Å². The highest BCUT2D eigenvalue weighted by Crippen LogP contribution is 2.42. The number of phenolic OH excluding ortho intramolecular Hbond substituents is 1. The van der Waals surface area contributed by atoms with Crippen LogP contribution in [0.1, 0.15) is 5.56 Å². The van der Waals surface area contributed by atoms with Crippen LogP contribution in [0, 0.1) is 17.0 Å². The van der Waals surface area contributed by atoms with E-state index in [4.69, 9.17) is 0 Å². The van der Waals surface area contributed by atoms with Gasteiger partial charge in [-0.2, -0.15) is 5.11 Å². The fourth-order valence-corrected chi connectivity index (χ4v) is 2.77. The van der Waals surface area contributed by atoms with Crippen LogP contribution in [-0.2, 0) is 0 Å². The van der Waals surface area contributed by atoms with Crippen LogP contribution in [0.2, 0.25) is 0 Å². The molecule has 0 saturated carbocycles. The third-order valence-electron chi connectivity index (χ3n) is 3.72. The van der Waals surface area contributed by atoms with E-state index >= 15 is 0 Å². The molecule has 0 radical (unpaired) electrons. The van der Waals surface area contributed by atoms with Gasteiger partial charge in [0.2, 0.25) is 0 Å². The van der Waals surface area contributed by atoms with Gasteiger partial charge in [0.25, 0.3) is 5.69 Å². The van der Waals surface area contributed by atoms with Gasteiger partial charge in [0.05, 0.1) is 15.5 Å². The van der Waals surface area contributed by atoms with Crippen LogP contribution >= 0.6 is 12.6 Å². The summed E-state index contributed by atoms with van der Waals surface area (Å²) in [6, 6.07) is 13.2. The second-order valence-electron chi connectivity index (χ2n) is 5.19. The van der Waals surface area contributed by atoms with Crippen molar-refractivity contribution in [1.29, 1.82) is 0 Å². The van der Waals surface area contributed by atoms with Gasteiger partial charge in [-0.3, -0.25) is 10.1 Å². The van der Waals surface area contributed by atoms with Crippen molar-refractivity contribution < 1.29 is 10.0 Å². The van der Waals surface area contributed by atoms with E-state index in [9.17, 15) is 15.2 Å². The quantitative estimate of drug-likeness (QED) is 0.287. The van der Waals surface area contributed by atoms with Gasteiger partial charge in [0.1, 0.15) is 11.4 Å². The molecule has 0 amide bonds. The lowest BCUT2D eigenvalue weighted by atomic mass is 10.0. The zero-order valence-corrected chi connectivity index (χ0v) is 13.6. The molecule has 120 valence electrons. The molecule has 0 aliphatic carbocycles. The Morgan fingerprint density at radius 3 is 2.29 bits per heavy atom. The summed E-state index contributed by atoms with van der Waals surface area (Å²) in [6.07, 6.45) is 0. The zero-order chi connectivity index (χ0) is 17.3. The Balaban J connectivity index is 2.05. The van der Waals surface area contributed by atoms with Gasteiger partial charge in [-0.1, -0.05) is 24.3 Å². The van der Waals surface area contributed by atoms with E-state index in [0.29, 0.717) is 21.7 Å². The SMILES string of the molecule is Cc1c(N=Nc2ccc([N+](=O)[O-])cc2)c(S)c(O)c2ccccc12. The average molecular weight is 339 g/mol. The van der Waals surface area contributed by atoms with Gasteiger partial charge < -0.3 is 5.11 Å². The van der Waals surface area contributed by atoms with Crippen molar-refractivity contribution in [3.8, 4) is 5.75 Å². The number of benzene rings is 3. The zero-order valence-electron chi connectivity index (χ0n) is 12.7. The monoisotopic (exact) mass is 339 g/mol. The molecule has 0 unspecified atom stereocenters. The van der Waals surface area contributed by atoms with E-state index < -0.39 is 4.92 Å². The summed E-state index contributed by atoms with van der Waals surface area (Å²) in [7, 11) is 0. The summed E-state index contributed by atoms with van der Waals surface area (Å²) in [5, 5.41) is 30.8. The smallest absolute Gasteiger partial charge is 0.269 e. The van der Waals surface area contributed by atoms with Crippen LogP contribution in [-0.4, -0.2) is 10.0 Å². The van der Waals surface area contributed by atoms with Crippen molar-refractivity contribution in [2.45, 2.75) is 11.8 Å². The normalized spacial score (nSPS) is 11.2. The Hall–Kier alpha value is -2.93. The molecular weight excluding hydrogens is 326 g/mol. The molecule has 24 heavy (non-hydrogen) atoms. The number of aryl methyl sites for hydroxylation is 1. The molecule has 3 aromatic carbocycles. The van der Waals surface area contributed by atoms with E-state index in [0.717, 1.165) is 10.9 Å². The number of nitro benzene ring substituents is 1. The molecule has 0 spiro atoms. The van der Waals surface area contributed by atoms with Gasteiger partial charge in [-0.25, -0.2) is 0 Å². The lowest BCUT2D eigenvalue weighted by Gasteiger charge is -2.10. The number of azo groups is 1. The lowest BCUT2D eigenvalue weighted by molar-refractivity contribution is -0.384. The number of hydrogen-bond donors (Lipinski definition) is 2. The van der Waals surface area contributed by atoms with Crippen molar-refractivity contribution in [1.82, 2.24) is 0 Å². The van der Waals surface area contributed by atoms with Crippen LogP contribution in [0.25, 0.3) is 10.8 Å². The highest BCUT2D eigenvalue weighted by molar-refractivity contribution is 7.80. The van der Waals surface area contributed by atoms with E-state index in [2.05, 4.69) is 22.9 Å². The van der Waals surface area contributed by atoms with Crippen LogP contribution in [0.3, 0.4) is 0 Å². The fraction of sp³-hybridized carbons (Fsp3) is 0.0588. The maximum Gasteiger partial charge on any atom is 0.269 e. The van der Waals surface area contributed by atoms with Gasteiger partial charge in [0.15, 0.2) is 0 Å². The van der Waals surface area contributed by atoms with Crippen molar-refractivity contribution in [2.24, 2.45) is 10.2 Å². The molecule has 0 fully saturated rings. The van der Waals surface area contributed by atoms with E-state index in [-0.39, 0.29) is 11.4 Å². The standard InChI is InChI=1S/C17H13N3O3S/c1-10-13-4-2-3-5-14(13)16(21)17(24)15(10)19-18-11-6-8-12(9-7-11)20(22)23/h2-9,21,24H,1H3. The first-order valence-electron chi connectivity index (χ1n) is 7.08. The number of nitro groups is 1. The maximum atomic E-state index is 10.7. The third-order valence-corrected chi connectivity index (χ3v) is 4.14. The molecule has 1 N–H and O–H groups in total. The van der Waals surface area contributed by atoms with Crippen LogP contribution in [0.4, 0.5) is 17.1 Å². The minimum Gasteiger partial charge on any atom is -0.506 e. The first-order valence-corrected chi connectivity index (χ1v) is 7.53. The summed E-state index contributed by atoms with van der Waals surface area (Å²) in [5.41, 5.74) is 1.77. The van der Waals surface area contributed by atoms with Crippen molar-refractivity contribution in [3.63, 3.8) is 0 Å². The minimum absolute atomic E-state index is 0.0108. The molecular formula is C17H13N3O3S. The highest BCUT2D eigenvalue weighted by atomic mass is 32.1. The molecule has 0 atom stereocenters. The Morgan fingerprint density at radius 1 is 1.04 bits per heavy atom. The predicted octanol–water partition coefficient (Wildman–Crippen LogP) is 5.47. The molecule has 0 saturated heterocycles. The molecule has 0 aliphatic rings. The maximum absolute atomic E-state index is 10.7. The predicted molar refractivity (Wildman–Crippen MR) is 94.9 cm³/mol. The number of thiol groups is 1.